The summed E-state index contributed by atoms with van der Waals surface area (Å²) in [4.78, 5) is 11.4. The van der Waals surface area contributed by atoms with Gasteiger partial charge in [0.1, 0.15) is 6.61 Å². The van der Waals surface area contributed by atoms with Crippen LogP contribution in [0, 0.1) is 0 Å². The van der Waals surface area contributed by atoms with E-state index in [1.54, 1.807) is 11.8 Å². The molecule has 112 valence electrons. The molecule has 1 saturated heterocycles. The van der Waals surface area contributed by atoms with Crippen molar-refractivity contribution in [2.24, 2.45) is 0 Å². The van der Waals surface area contributed by atoms with Crippen molar-refractivity contribution in [2.75, 3.05) is 38.6 Å². The quantitative estimate of drug-likeness (QED) is 0.693. The maximum absolute atomic E-state index is 11.7. The first-order chi connectivity index (χ1) is 8.97. The van der Waals surface area contributed by atoms with Crippen molar-refractivity contribution < 1.29 is 22.7 Å². The number of amides is 1. The van der Waals surface area contributed by atoms with Gasteiger partial charge < -0.3 is 15.4 Å². The highest BCUT2D eigenvalue weighted by molar-refractivity contribution is 8.00. The summed E-state index contributed by atoms with van der Waals surface area (Å²) < 4.78 is 39.6. The van der Waals surface area contributed by atoms with E-state index in [1.165, 1.54) is 0 Å². The van der Waals surface area contributed by atoms with Gasteiger partial charge in [-0.15, -0.1) is 11.8 Å². The topological polar surface area (TPSA) is 50.4 Å². The molecular weight excluding hydrogens is 281 g/mol. The number of rotatable bonds is 7. The second-order valence-corrected chi connectivity index (χ2v) is 5.57. The summed E-state index contributed by atoms with van der Waals surface area (Å²) >= 11 is 1.60. The molecule has 0 aromatic heterocycles. The number of thioether (sulfide) groups is 1. The average Bonchev–Trinajstić information content (AvgIpc) is 2.36. The van der Waals surface area contributed by atoms with Gasteiger partial charge in [-0.1, -0.05) is 0 Å². The van der Waals surface area contributed by atoms with Crippen LogP contribution in [0.5, 0.6) is 0 Å². The summed E-state index contributed by atoms with van der Waals surface area (Å²) in [7, 11) is 0. The monoisotopic (exact) mass is 300 g/mol. The molecule has 0 radical (unpaired) electrons. The lowest BCUT2D eigenvalue weighted by atomic mass is 10.2. The molecule has 1 aliphatic heterocycles. The third-order valence-electron chi connectivity index (χ3n) is 2.57. The molecule has 4 nitrogen and oxygen atoms in total. The standard InChI is InChI=1S/C11H19F3N2O2S/c12-11(13,14)8-18-6-5-16-10(17)7-19-9-1-3-15-4-2-9/h9,15H,1-8H2,(H,16,17). The van der Waals surface area contributed by atoms with E-state index >= 15 is 0 Å². The van der Waals surface area contributed by atoms with Crippen molar-refractivity contribution in [3.8, 4) is 0 Å². The SMILES string of the molecule is O=C(CSC1CCNCC1)NCCOCC(F)(F)F. The number of hydrogen-bond donors (Lipinski definition) is 2. The summed E-state index contributed by atoms with van der Waals surface area (Å²) in [5.41, 5.74) is 0. The summed E-state index contributed by atoms with van der Waals surface area (Å²) in [6, 6.07) is 0. The molecule has 0 unspecified atom stereocenters. The van der Waals surface area contributed by atoms with Crippen LogP contribution in [0.25, 0.3) is 0 Å². The van der Waals surface area contributed by atoms with Gasteiger partial charge in [0.15, 0.2) is 0 Å². The maximum atomic E-state index is 11.7. The smallest absolute Gasteiger partial charge is 0.370 e. The molecule has 1 amide bonds. The van der Waals surface area contributed by atoms with Crippen molar-refractivity contribution in [3.05, 3.63) is 0 Å². The van der Waals surface area contributed by atoms with Gasteiger partial charge >= 0.3 is 6.18 Å². The zero-order valence-corrected chi connectivity index (χ0v) is 11.4. The van der Waals surface area contributed by atoms with E-state index in [2.05, 4.69) is 15.4 Å². The fourth-order valence-corrected chi connectivity index (χ4v) is 2.72. The van der Waals surface area contributed by atoms with Crippen LogP contribution in [0.15, 0.2) is 0 Å². The third kappa shape index (κ3) is 9.12. The lowest BCUT2D eigenvalue weighted by Gasteiger charge is -2.21. The van der Waals surface area contributed by atoms with Crippen molar-refractivity contribution in [2.45, 2.75) is 24.3 Å². The van der Waals surface area contributed by atoms with Crippen molar-refractivity contribution in [1.29, 1.82) is 0 Å². The Kier molecular flexibility index (Phi) is 7.55. The van der Waals surface area contributed by atoms with E-state index < -0.39 is 12.8 Å². The minimum absolute atomic E-state index is 0.113. The Morgan fingerprint density at radius 1 is 1.37 bits per heavy atom. The van der Waals surface area contributed by atoms with Crippen LogP contribution in [0.2, 0.25) is 0 Å². The Bertz CT molecular complexity index is 271. The predicted octanol–water partition coefficient (Wildman–Crippen LogP) is 1.17. The average molecular weight is 300 g/mol. The first-order valence-corrected chi connectivity index (χ1v) is 7.26. The second kappa shape index (κ2) is 8.65. The maximum Gasteiger partial charge on any atom is 0.411 e. The lowest BCUT2D eigenvalue weighted by molar-refractivity contribution is -0.173. The zero-order valence-electron chi connectivity index (χ0n) is 10.6. The normalized spacial score (nSPS) is 17.4. The van der Waals surface area contributed by atoms with Gasteiger partial charge in [0, 0.05) is 11.8 Å². The number of halogens is 3. The van der Waals surface area contributed by atoms with Gasteiger partial charge in [-0.2, -0.15) is 13.2 Å². The highest BCUT2D eigenvalue weighted by Crippen LogP contribution is 2.19. The molecule has 0 spiro atoms. The fourth-order valence-electron chi connectivity index (χ4n) is 1.66. The zero-order chi connectivity index (χ0) is 14.1. The second-order valence-electron chi connectivity index (χ2n) is 4.28. The predicted molar refractivity (Wildman–Crippen MR) is 68.2 cm³/mol. The molecular formula is C11H19F3N2O2S. The Morgan fingerprint density at radius 2 is 2.05 bits per heavy atom. The molecule has 0 aliphatic carbocycles. The van der Waals surface area contributed by atoms with E-state index in [-0.39, 0.29) is 19.1 Å². The minimum Gasteiger partial charge on any atom is -0.370 e. The van der Waals surface area contributed by atoms with Crippen LogP contribution in [0.4, 0.5) is 13.2 Å². The fraction of sp³-hybridized carbons (Fsp3) is 0.909. The lowest BCUT2D eigenvalue weighted by Crippen LogP contribution is -2.32. The first kappa shape index (κ1) is 16.6. The third-order valence-corrected chi connectivity index (χ3v) is 3.94. The van der Waals surface area contributed by atoms with E-state index in [9.17, 15) is 18.0 Å². The Morgan fingerprint density at radius 3 is 2.68 bits per heavy atom. The Labute approximate surface area is 114 Å². The molecule has 0 bridgehead atoms. The molecule has 0 aromatic rings. The van der Waals surface area contributed by atoms with Crippen LogP contribution < -0.4 is 10.6 Å². The summed E-state index contributed by atoms with van der Waals surface area (Å²) in [5.74, 6) is 0.198. The number of piperidine rings is 1. The van der Waals surface area contributed by atoms with E-state index in [0.29, 0.717) is 11.0 Å². The minimum atomic E-state index is -4.31. The molecule has 1 rings (SSSR count). The van der Waals surface area contributed by atoms with Crippen LogP contribution >= 0.6 is 11.8 Å². The molecule has 0 saturated carbocycles. The van der Waals surface area contributed by atoms with Crippen molar-refractivity contribution in [3.63, 3.8) is 0 Å². The number of ether oxygens (including phenoxy) is 1. The van der Waals surface area contributed by atoms with Gasteiger partial charge in [-0.05, 0) is 25.9 Å². The first-order valence-electron chi connectivity index (χ1n) is 6.21. The molecule has 8 heteroatoms. The number of alkyl halides is 3. The van der Waals surface area contributed by atoms with Crippen molar-refractivity contribution >= 4 is 17.7 Å². The van der Waals surface area contributed by atoms with Crippen LogP contribution in [0.1, 0.15) is 12.8 Å². The molecule has 0 atom stereocenters. The summed E-state index contributed by atoms with van der Waals surface area (Å²) in [6.07, 6.45) is -2.21. The molecule has 2 N–H and O–H groups in total. The van der Waals surface area contributed by atoms with Crippen LogP contribution in [-0.4, -0.2) is 55.9 Å². The number of nitrogens with one attached hydrogen (secondary N) is 2. The Balaban J connectivity index is 1.95. The van der Waals surface area contributed by atoms with Crippen molar-refractivity contribution in [1.82, 2.24) is 10.6 Å². The molecule has 19 heavy (non-hydrogen) atoms. The molecule has 1 aliphatic rings. The van der Waals surface area contributed by atoms with Crippen LogP contribution in [0.3, 0.4) is 0 Å². The molecule has 0 aromatic carbocycles. The molecule has 1 fully saturated rings. The van der Waals surface area contributed by atoms with Gasteiger partial charge in [0.05, 0.1) is 12.4 Å². The van der Waals surface area contributed by atoms with Gasteiger partial charge in [-0.3, -0.25) is 4.79 Å². The van der Waals surface area contributed by atoms with Crippen LogP contribution in [-0.2, 0) is 9.53 Å². The van der Waals surface area contributed by atoms with Gasteiger partial charge in [0.2, 0.25) is 5.91 Å². The summed E-state index contributed by atoms with van der Waals surface area (Å²) in [6.45, 7) is 0.673. The number of hydrogen-bond acceptors (Lipinski definition) is 4. The van der Waals surface area contributed by atoms with E-state index in [1.807, 2.05) is 0 Å². The van der Waals surface area contributed by atoms with Gasteiger partial charge in [-0.25, -0.2) is 0 Å². The summed E-state index contributed by atoms with van der Waals surface area (Å²) in [5, 5.41) is 6.28. The Hall–Kier alpha value is -0.470. The highest BCUT2D eigenvalue weighted by Gasteiger charge is 2.27. The van der Waals surface area contributed by atoms with E-state index in [4.69, 9.17) is 0 Å². The largest absolute Gasteiger partial charge is 0.411 e. The van der Waals surface area contributed by atoms with E-state index in [0.717, 1.165) is 25.9 Å². The number of carbonyl (C=O) groups is 1. The highest BCUT2D eigenvalue weighted by atomic mass is 32.2. The van der Waals surface area contributed by atoms with Gasteiger partial charge in [0.25, 0.3) is 0 Å². The molecule has 1 heterocycles. The number of carbonyl (C=O) groups excluding carboxylic acids is 1.